The second-order valence-electron chi connectivity index (χ2n) is 16.6. The fraction of sp³-hybridized carbons (Fsp3) is 0.212. The first kappa shape index (κ1) is 51.7. The number of primary amides is 1. The third kappa shape index (κ3) is 13.9. The van der Waals surface area contributed by atoms with Crippen molar-refractivity contribution in [1.82, 2.24) is 9.97 Å². The van der Waals surface area contributed by atoms with Crippen molar-refractivity contribution in [3.05, 3.63) is 176 Å². The van der Waals surface area contributed by atoms with Crippen LogP contribution in [-0.4, -0.2) is 52.3 Å². The molecule has 2 amide bonds. The van der Waals surface area contributed by atoms with E-state index in [0.717, 1.165) is 27.9 Å². The van der Waals surface area contributed by atoms with Crippen LogP contribution >= 0.6 is 0 Å². The van der Waals surface area contributed by atoms with Crippen molar-refractivity contribution in [2.45, 2.75) is 66.5 Å². The van der Waals surface area contributed by atoms with E-state index in [1.807, 2.05) is 25.1 Å². The lowest BCUT2D eigenvalue weighted by atomic mass is 10.1. The highest BCUT2D eigenvalue weighted by molar-refractivity contribution is 5.96. The summed E-state index contributed by atoms with van der Waals surface area (Å²) in [5.74, 6) is -0.852. The molecule has 6 aromatic rings. The van der Waals surface area contributed by atoms with E-state index in [1.165, 1.54) is 18.2 Å². The van der Waals surface area contributed by atoms with Crippen LogP contribution in [0.5, 0.6) is 11.5 Å². The number of amidine groups is 2. The van der Waals surface area contributed by atoms with Crippen LogP contribution in [0.2, 0.25) is 0 Å². The molecule has 70 heavy (non-hydrogen) atoms. The maximum absolute atomic E-state index is 13.2. The molecule has 2 aromatic heterocycles. The number of carbonyl (C=O) groups excluding carboxylic acids is 3. The average Bonchev–Trinajstić information content (AvgIpc) is 3.34. The number of amides is 2. The molecule has 9 N–H and O–H groups in total. The van der Waals surface area contributed by atoms with Gasteiger partial charge in [-0.1, -0.05) is 30.3 Å². The number of methoxy groups -OCH3 is 1. The van der Waals surface area contributed by atoms with Crippen LogP contribution < -0.4 is 36.9 Å². The highest BCUT2D eigenvalue weighted by Crippen LogP contribution is 2.31. The second-order valence-corrected chi connectivity index (χ2v) is 16.6. The smallest absolute Gasteiger partial charge is 0.415 e. The molecule has 2 heterocycles. The van der Waals surface area contributed by atoms with Gasteiger partial charge in [0.15, 0.2) is 22.9 Å². The molecule has 4 aromatic carbocycles. The summed E-state index contributed by atoms with van der Waals surface area (Å²) >= 11 is 0. The van der Waals surface area contributed by atoms with Crippen LogP contribution in [0.15, 0.2) is 109 Å². The molecule has 0 aliphatic carbocycles. The van der Waals surface area contributed by atoms with E-state index in [9.17, 15) is 19.6 Å². The number of nitriles is 2. The number of hydrogen-bond acceptors (Lipinski definition) is 14. The van der Waals surface area contributed by atoms with E-state index < -0.39 is 23.6 Å². The SMILES string of the molecule is COC(=O)c1ncc(CN(C(=O)OC(C)(C)C)c2ccc(C#N)cc2)c(C)c1OCc1cccc(C#N)c1.Cc1c(CNc2ccc(C(=N)N)cc2)cnc(C(N)=O)c1OCc1cccc(C(=N)N)c1. The molecule has 6 rings (SSSR count). The Hall–Kier alpha value is -9.29. The van der Waals surface area contributed by atoms with Crippen LogP contribution in [0.4, 0.5) is 16.2 Å². The molecule has 18 nitrogen and oxygen atoms in total. The van der Waals surface area contributed by atoms with Crippen LogP contribution in [0.3, 0.4) is 0 Å². The summed E-state index contributed by atoms with van der Waals surface area (Å²) in [4.78, 5) is 47.5. The summed E-state index contributed by atoms with van der Waals surface area (Å²) < 4.78 is 22.5. The second kappa shape index (κ2) is 23.4. The lowest BCUT2D eigenvalue weighted by Crippen LogP contribution is -2.36. The Kier molecular flexibility index (Phi) is 17.3. The van der Waals surface area contributed by atoms with Gasteiger partial charge in [0.05, 0.1) is 36.9 Å². The van der Waals surface area contributed by atoms with Gasteiger partial charge < -0.3 is 41.5 Å². The van der Waals surface area contributed by atoms with Gasteiger partial charge in [-0.25, -0.2) is 19.6 Å². The van der Waals surface area contributed by atoms with Gasteiger partial charge in [-0.3, -0.25) is 20.5 Å². The van der Waals surface area contributed by atoms with Crippen molar-refractivity contribution in [2.75, 3.05) is 17.3 Å². The first-order chi connectivity index (χ1) is 33.3. The maximum Gasteiger partial charge on any atom is 0.415 e. The van der Waals surface area contributed by atoms with E-state index in [0.29, 0.717) is 51.4 Å². The lowest BCUT2D eigenvalue weighted by Gasteiger charge is -2.28. The number of hydrogen-bond donors (Lipinski definition) is 6. The van der Waals surface area contributed by atoms with Crippen molar-refractivity contribution in [2.24, 2.45) is 17.2 Å². The standard InChI is InChI=1S/C29H28N4O5.C23H25N7O2/c1-19-23(17-33(28(35)38-29(2,3)4)24-11-9-20(14-30)10-12-24)16-32-25(27(34)36-5)26(19)37-18-22-8-6-7-21(13-22)15-31;1-13-17(10-29-18-7-5-15(6-8-18)21(24)25)11-30-19(23(28)31)20(13)32-12-14-3-2-4-16(9-14)22(26)27/h6-13,16H,17-18H2,1-5H3;2-9,11,29H,10,12H2,1H3,(H3,24,25)(H3,26,27)(H2,28,31). The topological polar surface area (TPSA) is 303 Å². The number of nitrogen functional groups attached to an aromatic ring is 2. The highest BCUT2D eigenvalue weighted by atomic mass is 16.6. The third-order valence-corrected chi connectivity index (χ3v) is 10.4. The highest BCUT2D eigenvalue weighted by Gasteiger charge is 2.27. The summed E-state index contributed by atoms with van der Waals surface area (Å²) in [5, 5.41) is 36.6. The number of aromatic nitrogens is 2. The number of nitrogens with two attached hydrogens (primary N) is 3. The van der Waals surface area contributed by atoms with Crippen molar-refractivity contribution in [3.8, 4) is 23.6 Å². The molecule has 0 radical (unpaired) electrons. The van der Waals surface area contributed by atoms with Crippen LogP contribution in [0.25, 0.3) is 0 Å². The Bertz CT molecular complexity index is 2990. The van der Waals surface area contributed by atoms with Gasteiger partial charge in [0.2, 0.25) is 0 Å². The fourth-order valence-corrected chi connectivity index (χ4v) is 6.65. The number of ether oxygens (including phenoxy) is 4. The molecule has 358 valence electrons. The molecule has 18 heteroatoms. The number of esters is 1. The van der Waals surface area contributed by atoms with Gasteiger partial charge in [0.25, 0.3) is 5.91 Å². The average molecular weight is 944 g/mol. The quantitative estimate of drug-likeness (QED) is 0.0308. The van der Waals surface area contributed by atoms with E-state index in [4.69, 9.17) is 52.2 Å². The van der Waals surface area contributed by atoms with Gasteiger partial charge in [-0.2, -0.15) is 10.5 Å². The first-order valence-electron chi connectivity index (χ1n) is 21.5. The number of anilines is 2. The van der Waals surface area contributed by atoms with Crippen molar-refractivity contribution >= 4 is 41.0 Å². The minimum absolute atomic E-state index is 0.00706. The van der Waals surface area contributed by atoms with Gasteiger partial charge in [-0.05, 0) is 124 Å². The number of pyridine rings is 2. The molecule has 0 aliphatic rings. The summed E-state index contributed by atoms with van der Waals surface area (Å²) in [6.45, 7) is 9.65. The zero-order chi connectivity index (χ0) is 51.1. The molecule has 0 fully saturated rings. The van der Waals surface area contributed by atoms with Crippen LogP contribution in [-0.2, 0) is 35.8 Å². The summed E-state index contributed by atoms with van der Waals surface area (Å²) in [7, 11) is 1.25. The Balaban J connectivity index is 0.000000265. The summed E-state index contributed by atoms with van der Waals surface area (Å²) in [6.07, 6.45) is 2.50. The lowest BCUT2D eigenvalue weighted by molar-refractivity contribution is 0.0569. The normalized spacial score (nSPS) is 10.5. The Labute approximate surface area is 405 Å². The molecule has 0 spiro atoms. The minimum Gasteiger partial charge on any atom is -0.486 e. The predicted octanol–water partition coefficient (Wildman–Crippen LogP) is 7.69. The summed E-state index contributed by atoms with van der Waals surface area (Å²) in [5.41, 5.74) is 23.7. The summed E-state index contributed by atoms with van der Waals surface area (Å²) in [6, 6.07) is 31.9. The van der Waals surface area contributed by atoms with E-state index in [-0.39, 0.29) is 48.6 Å². The fourth-order valence-electron chi connectivity index (χ4n) is 6.65. The number of benzene rings is 4. The number of nitrogens with zero attached hydrogens (tertiary/aromatic N) is 5. The monoisotopic (exact) mass is 943 g/mol. The molecular weight excluding hydrogens is 891 g/mol. The zero-order valence-corrected chi connectivity index (χ0v) is 39.5. The molecule has 0 bridgehead atoms. The van der Waals surface area contributed by atoms with Crippen LogP contribution in [0, 0.1) is 47.3 Å². The largest absolute Gasteiger partial charge is 0.486 e. The zero-order valence-electron chi connectivity index (χ0n) is 39.5. The number of rotatable bonds is 16. The molecule has 0 saturated carbocycles. The van der Waals surface area contributed by atoms with Gasteiger partial charge in [-0.15, -0.1) is 0 Å². The van der Waals surface area contributed by atoms with E-state index in [2.05, 4.69) is 27.4 Å². The van der Waals surface area contributed by atoms with E-state index in [1.54, 1.807) is 113 Å². The van der Waals surface area contributed by atoms with Gasteiger partial charge >= 0.3 is 12.1 Å². The Morgan fingerprint density at radius 2 is 1.27 bits per heavy atom. The molecule has 0 unspecified atom stereocenters. The van der Waals surface area contributed by atoms with Gasteiger partial charge in [0, 0.05) is 52.6 Å². The van der Waals surface area contributed by atoms with Crippen LogP contribution in [0.1, 0.15) is 97.4 Å². The van der Waals surface area contributed by atoms with Gasteiger partial charge in [0.1, 0.15) is 30.5 Å². The Morgan fingerprint density at radius 1 is 0.714 bits per heavy atom. The Morgan fingerprint density at radius 3 is 1.84 bits per heavy atom. The molecule has 0 saturated heterocycles. The maximum atomic E-state index is 13.2. The van der Waals surface area contributed by atoms with Crippen molar-refractivity contribution in [1.29, 1.82) is 21.3 Å². The third-order valence-electron chi connectivity index (χ3n) is 10.4. The number of nitrogens with one attached hydrogen (secondary N) is 3. The first-order valence-corrected chi connectivity index (χ1v) is 21.5. The predicted molar refractivity (Wildman–Crippen MR) is 263 cm³/mol. The molecule has 0 atom stereocenters. The van der Waals surface area contributed by atoms with Crippen molar-refractivity contribution < 1.29 is 33.3 Å². The van der Waals surface area contributed by atoms with E-state index >= 15 is 0 Å². The molecular formula is C52H53N11O7. The molecule has 0 aliphatic heterocycles. The van der Waals surface area contributed by atoms with Crippen molar-refractivity contribution in [3.63, 3.8) is 0 Å². The number of carbonyl (C=O) groups is 3. The minimum atomic E-state index is -0.740.